The quantitative estimate of drug-likeness (QED) is 0.0286. The number of nitrogens with zero attached hydrogens (tertiary/aromatic N) is 1. The number of rotatable bonds is 14. The third-order valence-electron chi connectivity index (χ3n) is 8.01. The fraction of sp³-hybridized carbons (Fsp3) is 0.125. The van der Waals surface area contributed by atoms with Crippen LogP contribution < -0.4 is 21.3 Å². The maximum atomic E-state index is 13.7. The Labute approximate surface area is 324 Å². The first kappa shape index (κ1) is 39.6. The number of para-hydroxylation sites is 2. The van der Waals surface area contributed by atoms with Crippen molar-refractivity contribution in [3.05, 3.63) is 152 Å². The van der Waals surface area contributed by atoms with Crippen molar-refractivity contribution in [3.8, 4) is 0 Å². The molecule has 0 aliphatic heterocycles. The second-order valence-corrected chi connectivity index (χ2v) is 14.0. The van der Waals surface area contributed by atoms with Crippen LogP contribution in [0.3, 0.4) is 0 Å². The van der Waals surface area contributed by atoms with Crippen molar-refractivity contribution < 1.29 is 33.6 Å². The molecular weight excluding hydrogens is 743 g/mol. The number of carbonyl (C=O) groups excluding carboxylic acids is 5. The molecule has 4 N–H and O–H groups in total. The molecule has 4 aromatic carbocycles. The molecule has 0 aliphatic rings. The standard InChI is InChI=1S/C40H35N5O8S2/c1-4-32(37(48)44-39-33(40(50)53-3)24(2)34(55-39)38(49)41-27-17-9-6-10-18-27)54-29-20-13-19-28(23-29)42-36(47)30(43-35(46)25-14-7-5-8-15-25)22-26-16-11-12-21-31(26)45(51)52/h5-23,32H,4H2,1-3H3,(H,41,49)(H,42,47)(H,43,46)(H,44,48)/b30-22+. The van der Waals surface area contributed by atoms with Gasteiger partial charge in [-0.05, 0) is 73.5 Å². The Morgan fingerprint density at radius 3 is 2.16 bits per heavy atom. The summed E-state index contributed by atoms with van der Waals surface area (Å²) in [4.78, 5) is 78.4. The van der Waals surface area contributed by atoms with Crippen LogP contribution in [0.15, 0.2) is 120 Å². The van der Waals surface area contributed by atoms with E-state index in [9.17, 15) is 34.1 Å². The Hall–Kier alpha value is -6.58. The Bertz CT molecular complexity index is 2280. The lowest BCUT2D eigenvalue weighted by molar-refractivity contribution is -0.385. The second-order valence-electron chi connectivity index (χ2n) is 11.8. The lowest BCUT2D eigenvalue weighted by Crippen LogP contribution is -2.30. The van der Waals surface area contributed by atoms with Gasteiger partial charge in [0, 0.05) is 27.9 Å². The largest absolute Gasteiger partial charge is 0.465 e. The number of methoxy groups -OCH3 is 1. The van der Waals surface area contributed by atoms with Crippen LogP contribution in [0.4, 0.5) is 22.1 Å². The van der Waals surface area contributed by atoms with Crippen molar-refractivity contribution in [1.82, 2.24) is 5.32 Å². The molecule has 1 aromatic heterocycles. The highest BCUT2D eigenvalue weighted by atomic mass is 32.2. The van der Waals surface area contributed by atoms with Crippen molar-refractivity contribution >= 4 is 80.8 Å². The molecule has 0 radical (unpaired) electrons. The molecule has 280 valence electrons. The topological polar surface area (TPSA) is 186 Å². The van der Waals surface area contributed by atoms with Gasteiger partial charge in [-0.2, -0.15) is 0 Å². The molecule has 5 rings (SSSR count). The highest BCUT2D eigenvalue weighted by Gasteiger charge is 2.28. The number of nitro groups is 1. The maximum absolute atomic E-state index is 13.7. The summed E-state index contributed by atoms with van der Waals surface area (Å²) in [6, 6.07) is 29.5. The third-order valence-corrected chi connectivity index (χ3v) is 10.6. The van der Waals surface area contributed by atoms with E-state index < -0.39 is 39.8 Å². The van der Waals surface area contributed by atoms with Gasteiger partial charge in [-0.25, -0.2) is 4.79 Å². The first-order valence-electron chi connectivity index (χ1n) is 16.8. The molecule has 13 nitrogen and oxygen atoms in total. The number of carbonyl (C=O) groups is 5. The predicted octanol–water partition coefficient (Wildman–Crippen LogP) is 7.92. The van der Waals surface area contributed by atoms with Gasteiger partial charge in [0.2, 0.25) is 5.91 Å². The Balaban J connectivity index is 1.35. The Morgan fingerprint density at radius 1 is 0.836 bits per heavy atom. The third kappa shape index (κ3) is 10.1. The SMILES string of the molecule is CCC(Sc1cccc(NC(=O)/C(=C\c2ccccc2[N+](=O)[O-])NC(=O)c2ccccc2)c1)C(=O)Nc1sc(C(=O)Nc2ccccc2)c(C)c1C(=O)OC. The molecule has 55 heavy (non-hydrogen) atoms. The fourth-order valence-electron chi connectivity index (χ4n) is 5.27. The summed E-state index contributed by atoms with van der Waals surface area (Å²) in [5.41, 5.74) is 1.21. The van der Waals surface area contributed by atoms with Crippen LogP contribution in [0.5, 0.6) is 0 Å². The summed E-state index contributed by atoms with van der Waals surface area (Å²) in [5, 5.41) is 22.1. The molecule has 1 heterocycles. The zero-order valence-corrected chi connectivity index (χ0v) is 31.4. The number of anilines is 3. The van der Waals surface area contributed by atoms with E-state index in [0.29, 0.717) is 28.3 Å². The van der Waals surface area contributed by atoms with Crippen molar-refractivity contribution in [1.29, 1.82) is 0 Å². The van der Waals surface area contributed by atoms with Crippen LogP contribution in [0.1, 0.15) is 54.9 Å². The number of benzene rings is 4. The molecule has 0 aliphatic carbocycles. The molecule has 4 amide bonds. The summed E-state index contributed by atoms with van der Waals surface area (Å²) < 4.78 is 4.98. The van der Waals surface area contributed by atoms with E-state index in [1.807, 2.05) is 13.0 Å². The summed E-state index contributed by atoms with van der Waals surface area (Å²) in [7, 11) is 1.21. The van der Waals surface area contributed by atoms with Gasteiger partial charge in [0.15, 0.2) is 0 Å². The number of ether oxygens (including phenoxy) is 1. The lowest BCUT2D eigenvalue weighted by Gasteiger charge is -2.16. The van der Waals surface area contributed by atoms with Crippen molar-refractivity contribution in [3.63, 3.8) is 0 Å². The smallest absolute Gasteiger partial charge is 0.341 e. The molecule has 0 bridgehead atoms. The van der Waals surface area contributed by atoms with E-state index in [1.165, 1.54) is 43.1 Å². The van der Waals surface area contributed by atoms with Gasteiger partial charge in [-0.3, -0.25) is 29.3 Å². The predicted molar refractivity (Wildman–Crippen MR) is 213 cm³/mol. The van der Waals surface area contributed by atoms with E-state index >= 15 is 0 Å². The Morgan fingerprint density at radius 2 is 1.49 bits per heavy atom. The molecule has 5 aromatic rings. The monoisotopic (exact) mass is 777 g/mol. The van der Waals surface area contributed by atoms with Crippen LogP contribution in [-0.4, -0.2) is 46.9 Å². The first-order valence-corrected chi connectivity index (χ1v) is 18.5. The van der Waals surface area contributed by atoms with Gasteiger partial charge in [0.1, 0.15) is 10.7 Å². The summed E-state index contributed by atoms with van der Waals surface area (Å²) >= 11 is 2.17. The van der Waals surface area contributed by atoms with Crippen molar-refractivity contribution in [2.75, 3.05) is 23.1 Å². The number of thiophene rings is 1. The van der Waals surface area contributed by atoms with E-state index in [0.717, 1.165) is 11.3 Å². The molecule has 0 fully saturated rings. The fourth-order valence-corrected chi connectivity index (χ4v) is 7.38. The molecule has 0 spiro atoms. The zero-order valence-electron chi connectivity index (χ0n) is 29.8. The first-order chi connectivity index (χ1) is 26.5. The molecule has 1 unspecified atom stereocenters. The highest BCUT2D eigenvalue weighted by molar-refractivity contribution is 8.00. The zero-order chi connectivity index (χ0) is 39.5. The average molecular weight is 778 g/mol. The number of esters is 1. The number of hydrogen-bond acceptors (Lipinski definition) is 10. The normalized spacial score (nSPS) is 11.5. The molecular formula is C40H35N5O8S2. The van der Waals surface area contributed by atoms with E-state index in [4.69, 9.17) is 4.74 Å². The van der Waals surface area contributed by atoms with Gasteiger partial charge in [-0.15, -0.1) is 23.1 Å². The van der Waals surface area contributed by atoms with Gasteiger partial charge >= 0.3 is 5.97 Å². The summed E-state index contributed by atoms with van der Waals surface area (Å²) in [6.07, 6.45) is 1.61. The van der Waals surface area contributed by atoms with Crippen molar-refractivity contribution in [2.45, 2.75) is 30.4 Å². The lowest BCUT2D eigenvalue weighted by atomic mass is 10.1. The van der Waals surface area contributed by atoms with E-state index in [1.54, 1.807) is 91.9 Å². The minimum Gasteiger partial charge on any atom is -0.465 e. The van der Waals surface area contributed by atoms with Crippen LogP contribution in [0.25, 0.3) is 6.08 Å². The average Bonchev–Trinajstić information content (AvgIpc) is 3.52. The summed E-state index contributed by atoms with van der Waals surface area (Å²) in [5.74, 6) is -2.92. The number of nitro benzene ring substituents is 1. The molecule has 0 saturated carbocycles. The summed E-state index contributed by atoms with van der Waals surface area (Å²) in [6.45, 7) is 3.43. The Kier molecular flexibility index (Phi) is 13.3. The molecule has 0 saturated heterocycles. The minimum atomic E-state index is -0.745. The van der Waals surface area contributed by atoms with Crippen LogP contribution in [0.2, 0.25) is 0 Å². The van der Waals surface area contributed by atoms with E-state index in [-0.39, 0.29) is 38.0 Å². The number of amides is 4. The molecule has 15 heteroatoms. The van der Waals surface area contributed by atoms with Crippen LogP contribution in [0, 0.1) is 17.0 Å². The van der Waals surface area contributed by atoms with Crippen molar-refractivity contribution in [2.24, 2.45) is 0 Å². The van der Waals surface area contributed by atoms with E-state index in [2.05, 4.69) is 21.3 Å². The van der Waals surface area contributed by atoms with Crippen LogP contribution in [-0.2, 0) is 14.3 Å². The number of thioether (sulfide) groups is 1. The highest BCUT2D eigenvalue weighted by Crippen LogP contribution is 2.36. The van der Waals surface area contributed by atoms with Gasteiger partial charge in [0.05, 0.1) is 33.3 Å². The molecule has 1 atom stereocenters. The van der Waals surface area contributed by atoms with Gasteiger partial charge < -0.3 is 26.0 Å². The number of hydrogen-bond donors (Lipinski definition) is 4. The minimum absolute atomic E-state index is 0.0765. The van der Waals surface area contributed by atoms with Gasteiger partial charge in [-0.1, -0.05) is 61.5 Å². The number of nitrogens with one attached hydrogen (secondary N) is 4. The maximum Gasteiger partial charge on any atom is 0.341 e. The van der Waals surface area contributed by atoms with Crippen LogP contribution >= 0.6 is 23.1 Å². The van der Waals surface area contributed by atoms with Gasteiger partial charge in [0.25, 0.3) is 23.4 Å². The second kappa shape index (κ2) is 18.4.